The summed E-state index contributed by atoms with van der Waals surface area (Å²) in [6, 6.07) is 8.55. The van der Waals surface area contributed by atoms with Crippen molar-refractivity contribution >= 4 is 24.2 Å². The van der Waals surface area contributed by atoms with Crippen molar-refractivity contribution < 1.29 is 0 Å². The van der Waals surface area contributed by atoms with Gasteiger partial charge in [0, 0.05) is 0 Å². The van der Waals surface area contributed by atoms with Crippen LogP contribution in [-0.2, 0) is 0 Å². The van der Waals surface area contributed by atoms with Crippen molar-refractivity contribution in [2.75, 3.05) is 24.6 Å². The van der Waals surface area contributed by atoms with Gasteiger partial charge in [-0.3, -0.25) is 0 Å². The Hall–Kier alpha value is -1.13. The van der Waals surface area contributed by atoms with Gasteiger partial charge in [0.2, 0.25) is 0 Å². The molecule has 0 radical (unpaired) electrons. The number of nitriles is 4. The van der Waals surface area contributed by atoms with Gasteiger partial charge in [-0.2, -0.15) is 0 Å². The van der Waals surface area contributed by atoms with E-state index in [1.54, 1.807) is 0 Å². The Morgan fingerprint density at radius 3 is 0.944 bits per heavy atom. The molecule has 0 aliphatic carbocycles. The van der Waals surface area contributed by atoms with E-state index < -0.39 is 7.26 Å². The fourth-order valence-electron chi connectivity index (χ4n) is 2.03. The van der Waals surface area contributed by atoms with Gasteiger partial charge < -0.3 is 0 Å². The van der Waals surface area contributed by atoms with Crippen molar-refractivity contribution in [3.8, 4) is 24.3 Å². The summed E-state index contributed by atoms with van der Waals surface area (Å²) in [5.41, 5.74) is 0. The van der Waals surface area contributed by atoms with E-state index in [9.17, 15) is 0 Å². The molecule has 0 spiro atoms. The van der Waals surface area contributed by atoms with Crippen molar-refractivity contribution in [3.63, 3.8) is 0 Å². The van der Waals surface area contributed by atoms with E-state index in [0.717, 1.165) is 24.6 Å². The minimum atomic E-state index is -1.77. The van der Waals surface area contributed by atoms with Crippen LogP contribution in [-0.4, -0.2) is 24.6 Å². The van der Waals surface area contributed by atoms with Gasteiger partial charge in [-0.1, -0.05) is 0 Å². The predicted molar refractivity (Wildman–Crippen MR) is 79.0 cm³/mol. The molecular weight excluding hydrogens is 311 g/mol. The van der Waals surface area contributed by atoms with Crippen LogP contribution < -0.4 is 0 Å². The first-order chi connectivity index (χ1) is 8.24. The third-order valence-electron chi connectivity index (χ3n) is 3.07. The molecule has 18 heavy (non-hydrogen) atoms. The second-order valence-corrected chi connectivity index (χ2v) is 9.13. The Balaban J connectivity index is 0. The van der Waals surface area contributed by atoms with Crippen LogP contribution in [0.25, 0.3) is 0 Å². The Kier molecular flexibility index (Phi) is 13.2. The molecule has 0 aromatic heterocycles. The Bertz CT molecular complexity index is 305. The van der Waals surface area contributed by atoms with Crippen LogP contribution in [0.5, 0.6) is 0 Å². The molecule has 0 heterocycles. The minimum absolute atomic E-state index is 0. The fraction of sp³-hybridized carbons (Fsp3) is 0.667. The van der Waals surface area contributed by atoms with E-state index in [-0.39, 0.29) is 17.0 Å². The van der Waals surface area contributed by atoms with Gasteiger partial charge in [-0.15, -0.1) is 17.0 Å². The summed E-state index contributed by atoms with van der Waals surface area (Å²) in [5.74, 6) is 0. The zero-order valence-electron chi connectivity index (χ0n) is 10.4. The number of hydrogen-bond donors (Lipinski definition) is 0. The van der Waals surface area contributed by atoms with Crippen molar-refractivity contribution in [3.05, 3.63) is 0 Å². The van der Waals surface area contributed by atoms with E-state index >= 15 is 0 Å². The summed E-state index contributed by atoms with van der Waals surface area (Å²) in [6.45, 7) is 0. The van der Waals surface area contributed by atoms with Crippen LogP contribution in [0, 0.1) is 45.3 Å². The van der Waals surface area contributed by atoms with Gasteiger partial charge in [0.15, 0.2) is 0 Å². The maximum atomic E-state index is 8.68. The first-order valence-electron chi connectivity index (χ1n) is 5.72. The van der Waals surface area contributed by atoms with E-state index in [0.29, 0.717) is 25.7 Å². The third kappa shape index (κ3) is 8.03. The van der Waals surface area contributed by atoms with Crippen LogP contribution in [0.3, 0.4) is 0 Å². The van der Waals surface area contributed by atoms with E-state index in [1.165, 1.54) is 0 Å². The molecular formula is C12H18BrN4P. The summed E-state index contributed by atoms with van der Waals surface area (Å²) in [7, 11) is -1.77. The first-order valence-corrected chi connectivity index (χ1v) is 8.55. The Labute approximate surface area is 120 Å². The fourth-order valence-corrected chi connectivity index (χ4v) is 6.10. The molecule has 0 N–H and O–H groups in total. The number of halogens is 1. The first kappa shape index (κ1) is 19.2. The Morgan fingerprint density at radius 1 is 0.556 bits per heavy atom. The molecule has 6 heteroatoms. The molecule has 0 aromatic carbocycles. The maximum absolute atomic E-state index is 8.68. The zero-order valence-corrected chi connectivity index (χ0v) is 13.1. The molecule has 0 amide bonds. The van der Waals surface area contributed by atoms with Gasteiger partial charge in [-0.25, -0.2) is 0 Å². The third-order valence-corrected chi connectivity index (χ3v) is 8.31. The molecule has 0 saturated heterocycles. The number of rotatable bonds is 8. The summed E-state index contributed by atoms with van der Waals surface area (Å²) in [4.78, 5) is 0. The average Bonchev–Trinajstić information content (AvgIpc) is 2.37. The number of nitrogens with zero attached hydrogens (tertiary/aromatic N) is 4. The summed E-state index contributed by atoms with van der Waals surface area (Å²) in [6.07, 6.45) is 5.18. The van der Waals surface area contributed by atoms with Crippen LogP contribution in [0.4, 0.5) is 0 Å². The monoisotopic (exact) mass is 328 g/mol. The second-order valence-electron chi connectivity index (χ2n) is 4.13. The van der Waals surface area contributed by atoms with Crippen LogP contribution in [0.2, 0.25) is 0 Å². The quantitative estimate of drug-likeness (QED) is 0.640. The molecule has 0 rings (SSSR count). The molecule has 4 nitrogen and oxygen atoms in total. The van der Waals surface area contributed by atoms with Gasteiger partial charge >= 0.3 is 103 Å². The standard InChI is InChI=1S/C12H17N4P.BrH/c13-5-1-9-17(10-2-6-14,11-3-7-15)12-4-8-16;/h17H,1-4,9-12H2;1H. The molecule has 0 aliphatic heterocycles. The van der Waals surface area contributed by atoms with E-state index in [4.69, 9.17) is 21.0 Å². The van der Waals surface area contributed by atoms with Crippen molar-refractivity contribution in [1.82, 2.24) is 0 Å². The van der Waals surface area contributed by atoms with Crippen LogP contribution >= 0.6 is 24.2 Å². The SMILES string of the molecule is Br.N#CCC[PH](CCC#N)(CCC#N)CCC#N. The number of hydrogen-bond acceptors (Lipinski definition) is 4. The second kappa shape index (κ2) is 12.3. The molecule has 0 unspecified atom stereocenters. The van der Waals surface area contributed by atoms with Crippen molar-refractivity contribution in [1.29, 1.82) is 21.0 Å². The molecule has 0 aromatic rings. The molecule has 0 aliphatic rings. The molecule has 0 saturated carbocycles. The molecule has 98 valence electrons. The van der Waals surface area contributed by atoms with Gasteiger partial charge in [0.25, 0.3) is 0 Å². The van der Waals surface area contributed by atoms with E-state index in [2.05, 4.69) is 24.3 Å². The van der Waals surface area contributed by atoms with Crippen molar-refractivity contribution in [2.45, 2.75) is 25.7 Å². The zero-order chi connectivity index (χ0) is 13.0. The van der Waals surface area contributed by atoms with Crippen LogP contribution in [0.15, 0.2) is 0 Å². The van der Waals surface area contributed by atoms with Gasteiger partial charge in [-0.05, 0) is 0 Å². The van der Waals surface area contributed by atoms with Gasteiger partial charge in [0.1, 0.15) is 0 Å². The van der Waals surface area contributed by atoms with E-state index in [1.807, 2.05) is 0 Å². The predicted octanol–water partition coefficient (Wildman–Crippen LogP) is 2.97. The summed E-state index contributed by atoms with van der Waals surface area (Å²) in [5, 5.41) is 34.7. The summed E-state index contributed by atoms with van der Waals surface area (Å²) < 4.78 is 0. The average molecular weight is 329 g/mol. The Morgan fingerprint density at radius 2 is 0.778 bits per heavy atom. The summed E-state index contributed by atoms with van der Waals surface area (Å²) >= 11 is 0. The molecule has 0 bridgehead atoms. The van der Waals surface area contributed by atoms with Crippen molar-refractivity contribution in [2.24, 2.45) is 0 Å². The van der Waals surface area contributed by atoms with Gasteiger partial charge in [0.05, 0.1) is 0 Å². The molecule has 0 atom stereocenters. The molecule has 0 fully saturated rings. The van der Waals surface area contributed by atoms with Crippen LogP contribution in [0.1, 0.15) is 25.7 Å². The topological polar surface area (TPSA) is 95.2 Å². The normalized spacial score (nSPS) is 10.0.